The summed E-state index contributed by atoms with van der Waals surface area (Å²) in [5.74, 6) is -2.14. The van der Waals surface area contributed by atoms with Gasteiger partial charge in [0.25, 0.3) is 0 Å². The van der Waals surface area contributed by atoms with E-state index in [9.17, 15) is 19.1 Å². The number of aliphatic hydroxyl groups is 1. The van der Waals surface area contributed by atoms with Gasteiger partial charge < -0.3 is 15.7 Å². The van der Waals surface area contributed by atoms with Crippen molar-refractivity contribution < 1.29 is 19.1 Å². The zero-order valence-electron chi connectivity index (χ0n) is 11.7. The Balaban J connectivity index is 2.48. The number of nitrogens with one attached hydrogen (secondary N) is 2. The van der Waals surface area contributed by atoms with Crippen molar-refractivity contribution in [3.8, 4) is 0 Å². The third-order valence-corrected chi connectivity index (χ3v) is 2.76. The van der Waals surface area contributed by atoms with Gasteiger partial charge in [-0.3, -0.25) is 9.59 Å². The predicted molar refractivity (Wildman–Crippen MR) is 73.5 cm³/mol. The molecule has 1 rings (SSSR count). The summed E-state index contributed by atoms with van der Waals surface area (Å²) in [5, 5.41) is 14.4. The van der Waals surface area contributed by atoms with Crippen LogP contribution in [0.15, 0.2) is 24.3 Å². The average Bonchev–Trinajstić information content (AvgIpc) is 2.36. The number of carbonyl (C=O) groups excluding carboxylic acids is 2. The molecule has 0 radical (unpaired) electrons. The smallest absolute Gasteiger partial charge is 0.313 e. The van der Waals surface area contributed by atoms with Gasteiger partial charge in [0.15, 0.2) is 0 Å². The molecule has 110 valence electrons. The Bertz CT molecular complexity index is 480. The van der Waals surface area contributed by atoms with Gasteiger partial charge in [0.2, 0.25) is 0 Å². The van der Waals surface area contributed by atoms with Crippen LogP contribution in [0.1, 0.15) is 20.8 Å². The minimum Gasteiger partial charge on any atom is -0.391 e. The summed E-state index contributed by atoms with van der Waals surface area (Å²) >= 11 is 0. The minimum atomic E-state index is -0.863. The van der Waals surface area contributed by atoms with Crippen molar-refractivity contribution in [2.75, 3.05) is 11.9 Å². The van der Waals surface area contributed by atoms with E-state index in [0.29, 0.717) is 5.69 Å². The highest BCUT2D eigenvalue weighted by molar-refractivity contribution is 6.39. The molecule has 0 spiro atoms. The zero-order valence-corrected chi connectivity index (χ0v) is 11.7. The van der Waals surface area contributed by atoms with Gasteiger partial charge >= 0.3 is 11.8 Å². The summed E-state index contributed by atoms with van der Waals surface area (Å²) in [6.45, 7) is 5.45. The van der Waals surface area contributed by atoms with Gasteiger partial charge in [-0.25, -0.2) is 4.39 Å². The van der Waals surface area contributed by atoms with Gasteiger partial charge in [0.05, 0.1) is 6.10 Å². The van der Waals surface area contributed by atoms with Gasteiger partial charge in [-0.1, -0.05) is 20.8 Å². The van der Waals surface area contributed by atoms with E-state index in [4.69, 9.17) is 0 Å². The van der Waals surface area contributed by atoms with Crippen LogP contribution in [0.4, 0.5) is 10.1 Å². The Morgan fingerprint density at radius 3 is 2.25 bits per heavy atom. The summed E-state index contributed by atoms with van der Waals surface area (Å²) in [6.07, 6.45) is -0.759. The molecule has 20 heavy (non-hydrogen) atoms. The van der Waals surface area contributed by atoms with Crippen LogP contribution < -0.4 is 10.6 Å². The van der Waals surface area contributed by atoms with Crippen molar-refractivity contribution in [3.05, 3.63) is 30.1 Å². The fraction of sp³-hybridized carbons (Fsp3) is 0.429. The standard InChI is InChI=1S/C14H19FN2O3/c1-14(2,3)11(18)8-16-12(19)13(20)17-10-6-4-9(15)5-7-10/h4-7,11,18H,8H2,1-3H3,(H,16,19)(H,17,20). The lowest BCUT2D eigenvalue weighted by Crippen LogP contribution is -2.43. The normalized spacial score (nSPS) is 12.7. The SMILES string of the molecule is CC(C)(C)C(O)CNC(=O)C(=O)Nc1ccc(F)cc1. The fourth-order valence-corrected chi connectivity index (χ4v) is 1.30. The third-order valence-electron chi connectivity index (χ3n) is 2.76. The molecule has 0 bridgehead atoms. The number of hydrogen-bond donors (Lipinski definition) is 3. The molecule has 1 aromatic carbocycles. The molecule has 1 atom stereocenters. The lowest BCUT2D eigenvalue weighted by atomic mass is 9.89. The maximum Gasteiger partial charge on any atom is 0.313 e. The number of anilines is 1. The van der Waals surface area contributed by atoms with Crippen molar-refractivity contribution in [2.24, 2.45) is 5.41 Å². The minimum absolute atomic E-state index is 0.0147. The van der Waals surface area contributed by atoms with E-state index in [1.54, 1.807) is 0 Å². The van der Waals surface area contributed by atoms with Crippen LogP contribution in [0, 0.1) is 11.2 Å². The van der Waals surface area contributed by atoms with Crippen LogP contribution in [-0.2, 0) is 9.59 Å². The first-order valence-corrected chi connectivity index (χ1v) is 6.23. The monoisotopic (exact) mass is 282 g/mol. The van der Waals surface area contributed by atoms with Crippen LogP contribution >= 0.6 is 0 Å². The lowest BCUT2D eigenvalue weighted by Gasteiger charge is -2.25. The molecular weight excluding hydrogens is 263 g/mol. The number of aliphatic hydroxyl groups excluding tert-OH is 1. The lowest BCUT2D eigenvalue weighted by molar-refractivity contribution is -0.136. The number of amides is 2. The van der Waals surface area contributed by atoms with E-state index in [0.717, 1.165) is 0 Å². The van der Waals surface area contributed by atoms with Gasteiger partial charge in [-0.2, -0.15) is 0 Å². The highest BCUT2D eigenvalue weighted by Crippen LogP contribution is 2.18. The van der Waals surface area contributed by atoms with E-state index >= 15 is 0 Å². The van der Waals surface area contributed by atoms with Gasteiger partial charge in [0, 0.05) is 12.2 Å². The molecule has 2 amide bonds. The molecule has 0 saturated carbocycles. The Morgan fingerprint density at radius 1 is 1.20 bits per heavy atom. The van der Waals surface area contributed by atoms with Crippen LogP contribution in [-0.4, -0.2) is 29.6 Å². The molecule has 0 aliphatic carbocycles. The first kappa shape index (κ1) is 16.1. The molecule has 0 saturated heterocycles. The molecular formula is C14H19FN2O3. The van der Waals surface area contributed by atoms with Crippen LogP contribution in [0.2, 0.25) is 0 Å². The highest BCUT2D eigenvalue weighted by Gasteiger charge is 2.23. The van der Waals surface area contributed by atoms with Crippen molar-refractivity contribution in [2.45, 2.75) is 26.9 Å². The molecule has 6 heteroatoms. The molecule has 5 nitrogen and oxygen atoms in total. The second-order valence-corrected chi connectivity index (χ2v) is 5.55. The second kappa shape index (κ2) is 6.47. The van der Waals surface area contributed by atoms with Crippen molar-refractivity contribution >= 4 is 17.5 Å². The molecule has 0 fully saturated rings. The van der Waals surface area contributed by atoms with Gasteiger partial charge in [0.1, 0.15) is 5.82 Å². The van der Waals surface area contributed by atoms with E-state index < -0.39 is 23.7 Å². The van der Waals surface area contributed by atoms with E-state index in [2.05, 4.69) is 10.6 Å². The maximum absolute atomic E-state index is 12.7. The quantitative estimate of drug-likeness (QED) is 0.731. The van der Waals surface area contributed by atoms with E-state index in [1.807, 2.05) is 20.8 Å². The molecule has 1 aromatic rings. The van der Waals surface area contributed by atoms with Crippen molar-refractivity contribution in [1.29, 1.82) is 0 Å². The van der Waals surface area contributed by atoms with Crippen LogP contribution in [0.3, 0.4) is 0 Å². The second-order valence-electron chi connectivity index (χ2n) is 5.55. The number of hydrogen-bond acceptors (Lipinski definition) is 3. The molecule has 1 unspecified atom stereocenters. The zero-order chi connectivity index (χ0) is 15.3. The number of rotatable bonds is 3. The topological polar surface area (TPSA) is 78.4 Å². The number of benzene rings is 1. The molecule has 0 aliphatic rings. The fourth-order valence-electron chi connectivity index (χ4n) is 1.30. The Morgan fingerprint density at radius 2 is 1.75 bits per heavy atom. The largest absolute Gasteiger partial charge is 0.391 e. The number of carbonyl (C=O) groups is 2. The summed E-state index contributed by atoms with van der Waals surface area (Å²) in [7, 11) is 0. The van der Waals surface area contributed by atoms with E-state index in [1.165, 1.54) is 24.3 Å². The van der Waals surface area contributed by atoms with Crippen LogP contribution in [0.5, 0.6) is 0 Å². The maximum atomic E-state index is 12.7. The Hall–Kier alpha value is -1.95. The Kier molecular flexibility index (Phi) is 5.21. The van der Waals surface area contributed by atoms with Crippen molar-refractivity contribution in [3.63, 3.8) is 0 Å². The van der Waals surface area contributed by atoms with Gasteiger partial charge in [-0.15, -0.1) is 0 Å². The first-order chi connectivity index (χ1) is 9.20. The summed E-state index contributed by atoms with van der Waals surface area (Å²) in [5.41, 5.74) is -0.0660. The molecule has 3 N–H and O–H groups in total. The summed E-state index contributed by atoms with van der Waals surface area (Å²) in [4.78, 5) is 23.1. The number of halogens is 1. The first-order valence-electron chi connectivity index (χ1n) is 6.23. The predicted octanol–water partition coefficient (Wildman–Crippen LogP) is 1.29. The van der Waals surface area contributed by atoms with Crippen LogP contribution in [0.25, 0.3) is 0 Å². The molecule has 0 heterocycles. The Labute approximate surface area is 117 Å². The highest BCUT2D eigenvalue weighted by atomic mass is 19.1. The van der Waals surface area contributed by atoms with E-state index in [-0.39, 0.29) is 12.0 Å². The molecule has 0 aromatic heterocycles. The van der Waals surface area contributed by atoms with Crippen molar-refractivity contribution in [1.82, 2.24) is 5.32 Å². The summed E-state index contributed by atoms with van der Waals surface area (Å²) in [6, 6.07) is 5.06. The molecule has 0 aliphatic heterocycles. The average molecular weight is 282 g/mol. The van der Waals surface area contributed by atoms with Gasteiger partial charge in [-0.05, 0) is 29.7 Å². The third kappa shape index (κ3) is 4.97. The summed E-state index contributed by atoms with van der Waals surface area (Å²) < 4.78 is 12.7.